The number of amidine groups is 1. The van der Waals surface area contributed by atoms with E-state index in [1.807, 2.05) is 0 Å². The number of hydrogen-bond acceptors (Lipinski definition) is 6. The highest BCUT2D eigenvalue weighted by atomic mass is 32.2. The molecule has 0 bridgehead atoms. The van der Waals surface area contributed by atoms with E-state index in [0.29, 0.717) is 25.0 Å². The minimum atomic E-state index is -1.25. The lowest BCUT2D eigenvalue weighted by Crippen LogP contribution is -2.47. The van der Waals surface area contributed by atoms with E-state index in [4.69, 9.17) is 9.84 Å². The van der Waals surface area contributed by atoms with Crippen molar-refractivity contribution >= 4 is 28.7 Å². The number of halogens is 1. The first-order valence-electron chi connectivity index (χ1n) is 8.05. The fourth-order valence-corrected chi connectivity index (χ4v) is 4.86. The molecule has 1 fully saturated rings. The number of carbonyl (C=O) groups is 1. The highest BCUT2D eigenvalue weighted by molar-refractivity contribution is 8.13. The lowest BCUT2D eigenvalue weighted by molar-refractivity contribution is -0.385. The fraction of sp³-hybridized carbons (Fsp3) is 0.500. The highest BCUT2D eigenvalue weighted by Crippen LogP contribution is 2.50. The van der Waals surface area contributed by atoms with Crippen LogP contribution in [0.5, 0.6) is 0 Å². The summed E-state index contributed by atoms with van der Waals surface area (Å²) in [6.07, 6.45) is 0.383. The van der Waals surface area contributed by atoms with E-state index in [1.54, 1.807) is 7.11 Å². The quantitative estimate of drug-likeness (QED) is 0.612. The Hall–Kier alpha value is -2.20. The summed E-state index contributed by atoms with van der Waals surface area (Å²) in [5.41, 5.74) is -1.13. The van der Waals surface area contributed by atoms with Crippen LogP contribution in [0.1, 0.15) is 24.8 Å². The molecule has 1 heterocycles. The van der Waals surface area contributed by atoms with Gasteiger partial charge >= 0.3 is 6.09 Å². The van der Waals surface area contributed by atoms with E-state index in [9.17, 15) is 19.3 Å². The minimum absolute atomic E-state index is 0.000308. The first-order chi connectivity index (χ1) is 12.4. The molecule has 8 nitrogen and oxygen atoms in total. The molecule has 3 rings (SSSR count). The molecule has 1 aromatic rings. The van der Waals surface area contributed by atoms with E-state index in [1.165, 1.54) is 17.8 Å². The summed E-state index contributed by atoms with van der Waals surface area (Å²) in [5, 5.41) is 22.5. The topological polar surface area (TPSA) is 114 Å². The molecule has 1 amide bonds. The van der Waals surface area contributed by atoms with Crippen LogP contribution >= 0.6 is 11.8 Å². The van der Waals surface area contributed by atoms with Crippen LogP contribution in [0.3, 0.4) is 0 Å². The Morgan fingerprint density at radius 3 is 3.00 bits per heavy atom. The maximum Gasteiger partial charge on any atom is 0.410 e. The average Bonchev–Trinajstić information content (AvgIpc) is 2.60. The zero-order valence-corrected chi connectivity index (χ0v) is 14.8. The van der Waals surface area contributed by atoms with Gasteiger partial charge in [0.25, 0.3) is 5.69 Å². The summed E-state index contributed by atoms with van der Waals surface area (Å²) in [6.45, 7) is 0. The molecule has 0 saturated heterocycles. The third-order valence-electron chi connectivity index (χ3n) is 4.97. The van der Waals surface area contributed by atoms with Gasteiger partial charge in [0.15, 0.2) is 5.17 Å². The molecule has 140 valence electrons. The van der Waals surface area contributed by atoms with Gasteiger partial charge in [-0.1, -0.05) is 11.8 Å². The van der Waals surface area contributed by atoms with Gasteiger partial charge in [-0.15, -0.1) is 0 Å². The molecular weight excluding hydrogens is 365 g/mol. The molecule has 2 N–H and O–H groups in total. The fourth-order valence-electron chi connectivity index (χ4n) is 3.70. The number of non-ortho nitro benzene ring substituents is 1. The summed E-state index contributed by atoms with van der Waals surface area (Å²) in [7, 11) is 1.61. The molecule has 10 heteroatoms. The minimum Gasteiger partial charge on any atom is -0.465 e. The maximum atomic E-state index is 14.7. The van der Waals surface area contributed by atoms with E-state index in [2.05, 4.69) is 10.3 Å². The van der Waals surface area contributed by atoms with E-state index < -0.39 is 22.4 Å². The van der Waals surface area contributed by atoms with Crippen molar-refractivity contribution in [3.05, 3.63) is 39.7 Å². The third-order valence-corrected chi connectivity index (χ3v) is 6.00. The molecule has 2 aliphatic rings. The second-order valence-electron chi connectivity index (χ2n) is 6.33. The number of aliphatic imine (C=N–C) groups is 1. The number of nitrogens with one attached hydrogen (secondary N) is 1. The molecule has 3 atom stereocenters. The number of nitro groups is 1. The summed E-state index contributed by atoms with van der Waals surface area (Å²) in [5.74, 6) is -0.190. The molecule has 0 aromatic heterocycles. The number of nitro benzene ring substituents is 1. The lowest BCUT2D eigenvalue weighted by atomic mass is 9.68. The second kappa shape index (κ2) is 7.20. The normalized spacial score (nSPS) is 28.0. The van der Waals surface area contributed by atoms with Crippen molar-refractivity contribution in [1.82, 2.24) is 5.32 Å². The van der Waals surface area contributed by atoms with Crippen molar-refractivity contribution < 1.29 is 24.0 Å². The third kappa shape index (κ3) is 3.38. The molecule has 0 radical (unpaired) electrons. The standard InChI is InChI=1S/C16H18FN3O5S/c1-25-11-4-5-16(12-7-10(20(23)24)2-3-13(12)17)9(6-11)8-26-14(19-16)18-15(21)22/h2-3,7,9,11H,4-6,8H2,1H3,(H,18,19)(H,21,22)/t9-,11-,16-/m0/s1. The van der Waals surface area contributed by atoms with Gasteiger partial charge < -0.3 is 9.84 Å². The first-order valence-corrected chi connectivity index (χ1v) is 9.04. The molecule has 0 spiro atoms. The smallest absolute Gasteiger partial charge is 0.410 e. The number of nitrogens with zero attached hydrogens (tertiary/aromatic N) is 2. The average molecular weight is 383 g/mol. The van der Waals surface area contributed by atoms with Crippen molar-refractivity contribution in [2.24, 2.45) is 10.9 Å². The summed E-state index contributed by atoms with van der Waals surface area (Å²) in [6, 6.07) is 3.40. The van der Waals surface area contributed by atoms with Crippen LogP contribution < -0.4 is 5.32 Å². The van der Waals surface area contributed by atoms with Gasteiger partial charge in [0.1, 0.15) is 5.82 Å². The first kappa shape index (κ1) is 18.6. The van der Waals surface area contributed by atoms with Gasteiger partial charge in [-0.05, 0) is 25.3 Å². The number of amides is 1. The molecule has 1 aromatic carbocycles. The van der Waals surface area contributed by atoms with Crippen LogP contribution in [0.2, 0.25) is 0 Å². The van der Waals surface area contributed by atoms with Crippen LogP contribution in [0.4, 0.5) is 14.9 Å². The van der Waals surface area contributed by atoms with Crippen LogP contribution in [0, 0.1) is 21.8 Å². The maximum absolute atomic E-state index is 14.7. The molecule has 1 aliphatic heterocycles. The number of thioether (sulfide) groups is 1. The molecule has 1 saturated carbocycles. The van der Waals surface area contributed by atoms with Gasteiger partial charge in [0.2, 0.25) is 0 Å². The zero-order chi connectivity index (χ0) is 18.9. The summed E-state index contributed by atoms with van der Waals surface area (Å²) in [4.78, 5) is 26.1. The Bertz CT molecular complexity index is 774. The zero-order valence-electron chi connectivity index (χ0n) is 14.0. The van der Waals surface area contributed by atoms with Gasteiger partial charge in [0, 0.05) is 36.5 Å². The van der Waals surface area contributed by atoms with Crippen molar-refractivity contribution in [2.75, 3.05) is 12.9 Å². The van der Waals surface area contributed by atoms with E-state index >= 15 is 0 Å². The highest BCUT2D eigenvalue weighted by Gasteiger charge is 2.49. The molecule has 26 heavy (non-hydrogen) atoms. The SMILES string of the molecule is CO[C@H]1CC[C@]2(c3cc([N+](=O)[O-])ccc3F)N=C(NC(=O)O)SC[C@@H]2C1. The van der Waals surface area contributed by atoms with Crippen molar-refractivity contribution in [3.63, 3.8) is 0 Å². The Morgan fingerprint density at radius 1 is 1.58 bits per heavy atom. The van der Waals surface area contributed by atoms with E-state index in [-0.39, 0.29) is 28.4 Å². The number of hydrogen-bond donors (Lipinski definition) is 2. The van der Waals surface area contributed by atoms with Gasteiger partial charge in [-0.25, -0.2) is 9.18 Å². The number of fused-ring (bicyclic) bond motifs is 1. The van der Waals surface area contributed by atoms with Gasteiger partial charge in [0.05, 0.1) is 16.6 Å². The van der Waals surface area contributed by atoms with Crippen molar-refractivity contribution in [2.45, 2.75) is 30.9 Å². The number of rotatable bonds is 3. The molecular formula is C16H18FN3O5S. The van der Waals surface area contributed by atoms with E-state index in [0.717, 1.165) is 12.1 Å². The Labute approximate surface area is 153 Å². The van der Waals surface area contributed by atoms with Crippen LogP contribution in [-0.4, -0.2) is 40.3 Å². The number of carboxylic acid groups (broad SMARTS) is 1. The Morgan fingerprint density at radius 2 is 2.35 bits per heavy atom. The summed E-state index contributed by atoms with van der Waals surface area (Å²) < 4.78 is 20.1. The largest absolute Gasteiger partial charge is 0.465 e. The summed E-state index contributed by atoms with van der Waals surface area (Å²) >= 11 is 1.25. The molecule has 0 unspecified atom stereocenters. The van der Waals surface area contributed by atoms with Crippen LogP contribution in [0.15, 0.2) is 23.2 Å². The lowest BCUT2D eigenvalue weighted by Gasteiger charge is -2.46. The predicted molar refractivity (Wildman–Crippen MR) is 93.9 cm³/mol. The second-order valence-corrected chi connectivity index (χ2v) is 7.34. The van der Waals surface area contributed by atoms with Gasteiger partial charge in [-0.3, -0.25) is 20.4 Å². The van der Waals surface area contributed by atoms with Crippen molar-refractivity contribution in [1.29, 1.82) is 0 Å². The monoisotopic (exact) mass is 383 g/mol. The predicted octanol–water partition coefficient (Wildman–Crippen LogP) is 3.11. The van der Waals surface area contributed by atoms with Crippen LogP contribution in [-0.2, 0) is 10.3 Å². The van der Waals surface area contributed by atoms with Crippen LogP contribution in [0.25, 0.3) is 0 Å². The Balaban J connectivity index is 2.11. The van der Waals surface area contributed by atoms with Gasteiger partial charge in [-0.2, -0.15) is 0 Å². The van der Waals surface area contributed by atoms with Crippen molar-refractivity contribution in [3.8, 4) is 0 Å². The Kier molecular flexibility index (Phi) is 5.15. The number of methoxy groups -OCH3 is 1. The molecule has 1 aliphatic carbocycles. The number of benzene rings is 1. The number of ether oxygens (including phenoxy) is 1.